The standard InChI is InChI=1S/C20H22N4OS/c1-6-8-15(9-7-2)18-17-12(3)13(4)26-20(17)24-14(5)22-23-19(24)16(21-18)10-11-25/h6-9,11,16H,1,10H2,2-5H3/b9-7-,15-8+. The third-order valence-corrected chi connectivity index (χ3v) is 5.67. The van der Waals surface area contributed by atoms with Gasteiger partial charge in [0.05, 0.1) is 5.71 Å². The van der Waals surface area contributed by atoms with Crippen LogP contribution in [-0.2, 0) is 4.79 Å². The number of rotatable bonds is 5. The summed E-state index contributed by atoms with van der Waals surface area (Å²) in [5.41, 5.74) is 4.11. The Labute approximate surface area is 157 Å². The number of nitrogens with zero attached hydrogens (tertiary/aromatic N) is 4. The van der Waals surface area contributed by atoms with Crippen molar-refractivity contribution >= 4 is 23.3 Å². The molecule has 3 rings (SSSR count). The number of allylic oxidation sites excluding steroid dienone is 5. The van der Waals surface area contributed by atoms with Gasteiger partial charge in [0.1, 0.15) is 23.2 Å². The fourth-order valence-corrected chi connectivity index (χ4v) is 4.37. The molecule has 0 bridgehead atoms. The molecule has 2 aromatic heterocycles. The molecule has 0 spiro atoms. The van der Waals surface area contributed by atoms with E-state index in [-0.39, 0.29) is 12.5 Å². The van der Waals surface area contributed by atoms with Gasteiger partial charge in [-0.3, -0.25) is 9.56 Å². The molecule has 1 aliphatic heterocycles. The van der Waals surface area contributed by atoms with Crippen LogP contribution in [0.5, 0.6) is 0 Å². The van der Waals surface area contributed by atoms with E-state index in [2.05, 4.69) is 30.6 Å². The maximum absolute atomic E-state index is 11.3. The van der Waals surface area contributed by atoms with Gasteiger partial charge >= 0.3 is 0 Å². The Kier molecular flexibility index (Phi) is 5.13. The number of aliphatic imine (C=N–C) groups is 1. The van der Waals surface area contributed by atoms with Gasteiger partial charge in [0.15, 0.2) is 5.82 Å². The van der Waals surface area contributed by atoms with E-state index in [1.165, 1.54) is 10.4 Å². The van der Waals surface area contributed by atoms with E-state index in [1.54, 1.807) is 17.4 Å². The predicted molar refractivity (Wildman–Crippen MR) is 107 cm³/mol. The lowest BCUT2D eigenvalue weighted by molar-refractivity contribution is -0.108. The maximum atomic E-state index is 11.3. The van der Waals surface area contributed by atoms with Gasteiger partial charge in [-0.25, -0.2) is 0 Å². The molecular formula is C20H22N4OS. The van der Waals surface area contributed by atoms with Gasteiger partial charge < -0.3 is 4.79 Å². The van der Waals surface area contributed by atoms with Crippen molar-refractivity contribution in [3.63, 3.8) is 0 Å². The summed E-state index contributed by atoms with van der Waals surface area (Å²) >= 11 is 1.71. The van der Waals surface area contributed by atoms with E-state index in [4.69, 9.17) is 4.99 Å². The zero-order valence-corrected chi connectivity index (χ0v) is 16.3. The number of thiophene rings is 1. The zero-order chi connectivity index (χ0) is 18.8. The highest BCUT2D eigenvalue weighted by Crippen LogP contribution is 2.39. The van der Waals surface area contributed by atoms with Gasteiger partial charge in [-0.05, 0) is 33.3 Å². The lowest BCUT2D eigenvalue weighted by atomic mass is 9.98. The minimum atomic E-state index is -0.360. The maximum Gasteiger partial charge on any atom is 0.163 e. The van der Waals surface area contributed by atoms with Crippen LogP contribution in [0.2, 0.25) is 0 Å². The Morgan fingerprint density at radius 3 is 2.73 bits per heavy atom. The molecule has 3 heterocycles. The first-order valence-corrected chi connectivity index (χ1v) is 9.35. The SMILES string of the molecule is C=C/C=C(\C=C/C)C1=NC(CC=O)c2nnc(C)n2-c2sc(C)c(C)c21. The Morgan fingerprint density at radius 1 is 1.31 bits per heavy atom. The lowest BCUT2D eigenvalue weighted by Crippen LogP contribution is -2.08. The third-order valence-electron chi connectivity index (χ3n) is 4.48. The molecule has 0 aliphatic carbocycles. The summed E-state index contributed by atoms with van der Waals surface area (Å²) in [5, 5.41) is 9.64. The fraction of sp³-hybridized carbons (Fsp3) is 0.300. The molecule has 1 atom stereocenters. The molecule has 0 radical (unpaired) electrons. The molecule has 1 aliphatic rings. The molecule has 2 aromatic rings. The first kappa shape index (κ1) is 18.2. The Hall–Kier alpha value is -2.60. The molecule has 134 valence electrons. The van der Waals surface area contributed by atoms with Crippen LogP contribution in [0.15, 0.2) is 41.4 Å². The van der Waals surface area contributed by atoms with E-state index in [9.17, 15) is 4.79 Å². The number of carbonyl (C=O) groups excluding carboxylic acids is 1. The summed E-state index contributed by atoms with van der Waals surface area (Å²) in [6.45, 7) is 12.0. The van der Waals surface area contributed by atoms with E-state index < -0.39 is 0 Å². The fourth-order valence-electron chi connectivity index (χ4n) is 3.16. The smallest absolute Gasteiger partial charge is 0.163 e. The Bertz CT molecular complexity index is 959. The highest BCUT2D eigenvalue weighted by Gasteiger charge is 2.31. The van der Waals surface area contributed by atoms with Crippen molar-refractivity contribution in [1.29, 1.82) is 0 Å². The summed E-state index contributed by atoms with van der Waals surface area (Å²) in [6, 6.07) is -0.360. The minimum absolute atomic E-state index is 0.270. The van der Waals surface area contributed by atoms with Crippen LogP contribution in [-0.4, -0.2) is 26.8 Å². The van der Waals surface area contributed by atoms with Crippen molar-refractivity contribution in [2.24, 2.45) is 4.99 Å². The number of hydrogen-bond donors (Lipinski definition) is 0. The van der Waals surface area contributed by atoms with Crippen LogP contribution in [0, 0.1) is 20.8 Å². The number of carbonyl (C=O) groups is 1. The molecule has 0 fully saturated rings. The summed E-state index contributed by atoms with van der Waals surface area (Å²) in [7, 11) is 0. The largest absolute Gasteiger partial charge is 0.303 e. The van der Waals surface area contributed by atoms with Crippen molar-refractivity contribution in [3.05, 3.63) is 64.1 Å². The van der Waals surface area contributed by atoms with Gasteiger partial charge in [-0.1, -0.05) is 30.9 Å². The van der Waals surface area contributed by atoms with E-state index >= 15 is 0 Å². The average molecular weight is 366 g/mol. The number of fused-ring (bicyclic) bond motifs is 3. The third kappa shape index (κ3) is 2.90. The molecule has 0 saturated heterocycles. The van der Waals surface area contributed by atoms with Crippen LogP contribution in [0.1, 0.15) is 47.0 Å². The highest BCUT2D eigenvalue weighted by atomic mass is 32.1. The summed E-state index contributed by atoms with van der Waals surface area (Å²) < 4.78 is 2.05. The van der Waals surface area contributed by atoms with Crippen LogP contribution in [0.4, 0.5) is 0 Å². The molecule has 0 saturated carbocycles. The van der Waals surface area contributed by atoms with Gasteiger partial charge in [-0.2, -0.15) is 0 Å². The first-order chi connectivity index (χ1) is 12.5. The molecule has 0 aromatic carbocycles. The monoisotopic (exact) mass is 366 g/mol. The second-order valence-corrected chi connectivity index (χ2v) is 7.36. The number of hydrogen-bond acceptors (Lipinski definition) is 5. The summed E-state index contributed by atoms with van der Waals surface area (Å²) in [5.74, 6) is 1.51. The highest BCUT2D eigenvalue weighted by molar-refractivity contribution is 7.15. The van der Waals surface area contributed by atoms with Crippen LogP contribution in [0.3, 0.4) is 0 Å². The zero-order valence-electron chi connectivity index (χ0n) is 15.5. The number of aromatic nitrogens is 3. The van der Waals surface area contributed by atoms with E-state index in [0.29, 0.717) is 5.82 Å². The van der Waals surface area contributed by atoms with Crippen molar-refractivity contribution in [3.8, 4) is 5.00 Å². The second-order valence-electron chi connectivity index (χ2n) is 6.16. The summed E-state index contributed by atoms with van der Waals surface area (Å²) in [4.78, 5) is 17.5. The van der Waals surface area contributed by atoms with E-state index in [1.807, 2.05) is 36.6 Å². The van der Waals surface area contributed by atoms with Crippen molar-refractivity contribution in [2.45, 2.75) is 40.2 Å². The van der Waals surface area contributed by atoms with Gasteiger partial charge in [0.25, 0.3) is 0 Å². The molecule has 0 amide bonds. The quantitative estimate of drug-likeness (QED) is 0.583. The Morgan fingerprint density at radius 2 is 2.08 bits per heavy atom. The molecule has 5 nitrogen and oxygen atoms in total. The Balaban J connectivity index is 2.39. The number of aryl methyl sites for hydroxylation is 2. The summed E-state index contributed by atoms with van der Waals surface area (Å²) in [6.07, 6.45) is 8.88. The molecule has 1 unspecified atom stereocenters. The normalized spacial score (nSPS) is 16.8. The lowest BCUT2D eigenvalue weighted by Gasteiger charge is -2.10. The molecule has 0 N–H and O–H groups in total. The van der Waals surface area contributed by atoms with Crippen molar-refractivity contribution in [1.82, 2.24) is 14.8 Å². The molecular weight excluding hydrogens is 344 g/mol. The van der Waals surface area contributed by atoms with Crippen LogP contribution in [0.25, 0.3) is 5.00 Å². The van der Waals surface area contributed by atoms with Gasteiger partial charge in [-0.15, -0.1) is 21.5 Å². The van der Waals surface area contributed by atoms with Crippen LogP contribution >= 0.6 is 11.3 Å². The van der Waals surface area contributed by atoms with Crippen molar-refractivity contribution in [2.75, 3.05) is 0 Å². The second kappa shape index (κ2) is 7.33. The van der Waals surface area contributed by atoms with Gasteiger partial charge in [0, 0.05) is 22.4 Å². The van der Waals surface area contributed by atoms with Crippen molar-refractivity contribution < 1.29 is 4.79 Å². The van der Waals surface area contributed by atoms with Crippen LogP contribution < -0.4 is 0 Å². The number of aldehydes is 1. The average Bonchev–Trinajstić information content (AvgIpc) is 3.08. The molecule has 26 heavy (non-hydrogen) atoms. The minimum Gasteiger partial charge on any atom is -0.303 e. The van der Waals surface area contributed by atoms with Gasteiger partial charge in [0.2, 0.25) is 0 Å². The predicted octanol–water partition coefficient (Wildman–Crippen LogP) is 4.38. The topological polar surface area (TPSA) is 60.1 Å². The molecule has 6 heteroatoms. The first-order valence-electron chi connectivity index (χ1n) is 8.53. The van der Waals surface area contributed by atoms with E-state index in [0.717, 1.165) is 34.0 Å².